The highest BCUT2D eigenvalue weighted by molar-refractivity contribution is 5.98. The number of piperazine rings is 1. The van der Waals surface area contributed by atoms with E-state index in [2.05, 4.69) is 11.9 Å². The van der Waals surface area contributed by atoms with Gasteiger partial charge in [0.2, 0.25) is 6.41 Å². The van der Waals surface area contributed by atoms with E-state index in [0.29, 0.717) is 38.3 Å². The van der Waals surface area contributed by atoms with E-state index in [0.717, 1.165) is 19.3 Å². The fourth-order valence-electron chi connectivity index (χ4n) is 2.59. The van der Waals surface area contributed by atoms with E-state index in [4.69, 9.17) is 0 Å². The van der Waals surface area contributed by atoms with Crippen molar-refractivity contribution in [2.75, 3.05) is 39.8 Å². The predicted molar refractivity (Wildman–Crippen MR) is 89.6 cm³/mol. The number of nitrogens with zero attached hydrogens (tertiary/aromatic N) is 4. The number of carbonyl (C=O) groups is 3. The Hall–Kier alpha value is -2.44. The van der Waals surface area contributed by atoms with Gasteiger partial charge >= 0.3 is 0 Å². The maximum atomic E-state index is 12.5. The minimum absolute atomic E-state index is 0.106. The van der Waals surface area contributed by atoms with Crippen LogP contribution in [0.4, 0.5) is 0 Å². The van der Waals surface area contributed by atoms with Gasteiger partial charge in [0, 0.05) is 51.5 Å². The van der Waals surface area contributed by atoms with Crippen molar-refractivity contribution in [2.24, 2.45) is 0 Å². The molecular formula is C17H24N4O3. The Kier molecular flexibility index (Phi) is 6.28. The molecule has 0 N–H and O–H groups in total. The molecule has 0 saturated carbocycles. The van der Waals surface area contributed by atoms with E-state index < -0.39 is 0 Å². The third kappa shape index (κ3) is 4.31. The molecule has 3 amide bonds. The van der Waals surface area contributed by atoms with Gasteiger partial charge in [0.1, 0.15) is 5.69 Å². The van der Waals surface area contributed by atoms with Crippen molar-refractivity contribution in [3.63, 3.8) is 0 Å². The Bertz CT molecular complexity index is 597. The maximum Gasteiger partial charge on any atom is 0.272 e. The van der Waals surface area contributed by atoms with Crippen LogP contribution in [0.3, 0.4) is 0 Å². The second-order valence-electron chi connectivity index (χ2n) is 5.94. The summed E-state index contributed by atoms with van der Waals surface area (Å²) in [4.78, 5) is 44.8. The molecule has 0 radical (unpaired) electrons. The normalized spacial score (nSPS) is 14.4. The number of rotatable bonds is 6. The van der Waals surface area contributed by atoms with Crippen LogP contribution in [0.5, 0.6) is 0 Å². The maximum absolute atomic E-state index is 12.5. The number of carbonyl (C=O) groups excluding carboxylic acids is 3. The molecule has 130 valence electrons. The predicted octanol–water partition coefficient (Wildman–Crippen LogP) is 0.868. The van der Waals surface area contributed by atoms with Crippen molar-refractivity contribution in [1.29, 1.82) is 0 Å². The van der Waals surface area contributed by atoms with Crippen LogP contribution in [0.25, 0.3) is 0 Å². The largest absolute Gasteiger partial charge is 0.342 e. The first-order valence-corrected chi connectivity index (χ1v) is 8.27. The summed E-state index contributed by atoms with van der Waals surface area (Å²) < 4.78 is 0. The van der Waals surface area contributed by atoms with E-state index in [1.807, 2.05) is 0 Å². The zero-order chi connectivity index (χ0) is 17.5. The summed E-state index contributed by atoms with van der Waals surface area (Å²) in [5.74, 6) is -0.308. The summed E-state index contributed by atoms with van der Waals surface area (Å²) >= 11 is 0. The molecule has 7 nitrogen and oxygen atoms in total. The lowest BCUT2D eigenvalue weighted by atomic mass is 10.1. The lowest BCUT2D eigenvalue weighted by molar-refractivity contribution is -0.119. The van der Waals surface area contributed by atoms with Gasteiger partial charge in [-0.25, -0.2) is 0 Å². The van der Waals surface area contributed by atoms with Gasteiger partial charge in [-0.1, -0.05) is 13.3 Å². The number of hydrogen-bond acceptors (Lipinski definition) is 4. The molecule has 24 heavy (non-hydrogen) atoms. The van der Waals surface area contributed by atoms with Gasteiger partial charge in [-0.3, -0.25) is 19.4 Å². The minimum atomic E-state index is -0.202. The van der Waals surface area contributed by atoms with Crippen LogP contribution >= 0.6 is 0 Å². The van der Waals surface area contributed by atoms with Crippen LogP contribution in [0.2, 0.25) is 0 Å². The highest BCUT2D eigenvalue weighted by atomic mass is 16.2. The molecule has 0 bridgehead atoms. The molecule has 2 heterocycles. The van der Waals surface area contributed by atoms with Crippen LogP contribution in [0.1, 0.15) is 40.6 Å². The van der Waals surface area contributed by atoms with Crippen LogP contribution in [-0.2, 0) is 4.79 Å². The molecule has 1 aromatic rings. The number of pyridine rings is 1. The fourth-order valence-corrected chi connectivity index (χ4v) is 2.59. The standard InChI is InChI=1S/C17H24N4O3/c1-3-4-7-19(2)16(23)14-5-6-18-15(12-14)17(24)21-10-8-20(13-22)9-11-21/h5-6,12-13H,3-4,7-11H2,1-2H3. The molecule has 0 spiro atoms. The van der Waals surface area contributed by atoms with Gasteiger partial charge in [0.15, 0.2) is 0 Å². The first-order chi connectivity index (χ1) is 11.6. The van der Waals surface area contributed by atoms with E-state index in [1.165, 1.54) is 6.20 Å². The zero-order valence-electron chi connectivity index (χ0n) is 14.3. The third-order valence-electron chi connectivity index (χ3n) is 4.17. The van der Waals surface area contributed by atoms with Gasteiger partial charge in [0.25, 0.3) is 11.8 Å². The smallest absolute Gasteiger partial charge is 0.272 e. The van der Waals surface area contributed by atoms with E-state index in [-0.39, 0.29) is 17.5 Å². The van der Waals surface area contributed by atoms with Gasteiger partial charge in [0.05, 0.1) is 0 Å². The van der Waals surface area contributed by atoms with Crippen LogP contribution in [0.15, 0.2) is 18.3 Å². The summed E-state index contributed by atoms with van der Waals surface area (Å²) in [6.07, 6.45) is 4.26. The van der Waals surface area contributed by atoms with E-state index in [9.17, 15) is 14.4 Å². The Morgan fingerprint density at radius 1 is 1.29 bits per heavy atom. The molecule has 2 rings (SSSR count). The lowest BCUT2D eigenvalue weighted by Gasteiger charge is -2.32. The second kappa shape index (κ2) is 8.42. The van der Waals surface area contributed by atoms with Crippen LogP contribution < -0.4 is 0 Å². The van der Waals surface area contributed by atoms with Crippen molar-refractivity contribution in [3.8, 4) is 0 Å². The van der Waals surface area contributed by atoms with Gasteiger partial charge in [-0.05, 0) is 18.6 Å². The first-order valence-electron chi connectivity index (χ1n) is 8.27. The van der Waals surface area contributed by atoms with E-state index in [1.54, 1.807) is 33.9 Å². The average Bonchev–Trinajstić information content (AvgIpc) is 2.65. The molecule has 0 aliphatic carbocycles. The Morgan fingerprint density at radius 2 is 2.00 bits per heavy atom. The molecule has 1 aliphatic heterocycles. The minimum Gasteiger partial charge on any atom is -0.342 e. The number of aromatic nitrogens is 1. The molecule has 0 aromatic carbocycles. The summed E-state index contributed by atoms with van der Waals surface area (Å²) in [5.41, 5.74) is 0.739. The molecule has 1 aromatic heterocycles. The summed E-state index contributed by atoms with van der Waals surface area (Å²) in [7, 11) is 1.76. The molecule has 1 fully saturated rings. The Labute approximate surface area is 142 Å². The van der Waals surface area contributed by atoms with E-state index >= 15 is 0 Å². The second-order valence-corrected chi connectivity index (χ2v) is 5.94. The van der Waals surface area contributed by atoms with Crippen LogP contribution in [0, 0.1) is 0 Å². The average molecular weight is 332 g/mol. The van der Waals surface area contributed by atoms with Gasteiger partial charge < -0.3 is 14.7 Å². The fraction of sp³-hybridized carbons (Fsp3) is 0.529. The quantitative estimate of drug-likeness (QED) is 0.725. The number of hydrogen-bond donors (Lipinski definition) is 0. The lowest BCUT2D eigenvalue weighted by Crippen LogP contribution is -2.48. The van der Waals surface area contributed by atoms with Crippen molar-refractivity contribution in [3.05, 3.63) is 29.6 Å². The summed E-state index contributed by atoms with van der Waals surface area (Å²) in [6.45, 7) is 4.77. The highest BCUT2D eigenvalue weighted by Gasteiger charge is 2.23. The molecule has 0 unspecified atom stereocenters. The number of amides is 3. The van der Waals surface area contributed by atoms with Gasteiger partial charge in [-0.15, -0.1) is 0 Å². The van der Waals surface area contributed by atoms with Crippen molar-refractivity contribution < 1.29 is 14.4 Å². The van der Waals surface area contributed by atoms with Crippen molar-refractivity contribution >= 4 is 18.2 Å². The number of unbranched alkanes of at least 4 members (excludes halogenated alkanes) is 1. The molecule has 1 saturated heterocycles. The third-order valence-corrected chi connectivity index (χ3v) is 4.17. The first kappa shape index (κ1) is 17.9. The molecular weight excluding hydrogens is 308 g/mol. The molecule has 0 atom stereocenters. The van der Waals surface area contributed by atoms with Crippen LogP contribution in [-0.4, -0.2) is 77.7 Å². The zero-order valence-corrected chi connectivity index (χ0v) is 14.3. The Morgan fingerprint density at radius 3 is 2.62 bits per heavy atom. The highest BCUT2D eigenvalue weighted by Crippen LogP contribution is 2.10. The van der Waals surface area contributed by atoms with Crippen molar-refractivity contribution in [2.45, 2.75) is 19.8 Å². The summed E-state index contributed by atoms with van der Waals surface area (Å²) in [5, 5.41) is 0. The topological polar surface area (TPSA) is 73.8 Å². The summed E-state index contributed by atoms with van der Waals surface area (Å²) in [6, 6.07) is 3.19. The SMILES string of the molecule is CCCCN(C)C(=O)c1ccnc(C(=O)N2CCN(C=O)CC2)c1. The Balaban J connectivity index is 2.05. The monoisotopic (exact) mass is 332 g/mol. The van der Waals surface area contributed by atoms with Gasteiger partial charge in [-0.2, -0.15) is 0 Å². The molecule has 7 heteroatoms. The molecule has 1 aliphatic rings. The van der Waals surface area contributed by atoms with Crippen molar-refractivity contribution in [1.82, 2.24) is 19.7 Å².